The summed E-state index contributed by atoms with van der Waals surface area (Å²) in [6.07, 6.45) is 6.97. The van der Waals surface area contributed by atoms with Crippen molar-refractivity contribution in [2.45, 2.75) is 32.7 Å². The fourth-order valence-corrected chi connectivity index (χ4v) is 4.54. The highest BCUT2D eigenvalue weighted by Crippen LogP contribution is 2.33. The SMILES string of the molecule is C=C(C)CN1C(=O)C(n2cc(-c3ccc(-n4cnc(C)c4)c(OC)c3)nn2)CCc2ccccc21. The van der Waals surface area contributed by atoms with Crippen LogP contribution in [0.15, 0.2) is 73.3 Å². The fraction of sp³-hybridized carbons (Fsp3) is 0.259. The number of benzene rings is 2. The van der Waals surface area contributed by atoms with Crippen LogP contribution >= 0.6 is 0 Å². The van der Waals surface area contributed by atoms with Crippen LogP contribution in [0.3, 0.4) is 0 Å². The molecule has 3 heterocycles. The first-order valence-corrected chi connectivity index (χ1v) is 11.6. The van der Waals surface area contributed by atoms with Crippen molar-refractivity contribution in [1.29, 1.82) is 0 Å². The number of methoxy groups -OCH3 is 1. The van der Waals surface area contributed by atoms with Crippen molar-refractivity contribution in [3.05, 3.63) is 84.6 Å². The van der Waals surface area contributed by atoms with Gasteiger partial charge in [-0.25, -0.2) is 9.67 Å². The normalized spacial score (nSPS) is 15.6. The van der Waals surface area contributed by atoms with E-state index in [1.165, 1.54) is 0 Å². The topological polar surface area (TPSA) is 78.1 Å². The van der Waals surface area contributed by atoms with Crippen LogP contribution in [0.5, 0.6) is 5.75 Å². The summed E-state index contributed by atoms with van der Waals surface area (Å²) >= 11 is 0. The van der Waals surface area contributed by atoms with Crippen LogP contribution in [0.4, 0.5) is 5.69 Å². The van der Waals surface area contributed by atoms with E-state index in [1.54, 1.807) is 18.1 Å². The van der Waals surface area contributed by atoms with Gasteiger partial charge >= 0.3 is 0 Å². The van der Waals surface area contributed by atoms with E-state index in [2.05, 4.69) is 27.9 Å². The molecule has 1 atom stereocenters. The van der Waals surface area contributed by atoms with Gasteiger partial charge in [-0.05, 0) is 50.5 Å². The van der Waals surface area contributed by atoms with Crippen LogP contribution in [0.1, 0.15) is 30.6 Å². The largest absolute Gasteiger partial charge is 0.495 e. The molecule has 1 aliphatic heterocycles. The predicted octanol–water partition coefficient (Wildman–Crippen LogP) is 4.54. The zero-order valence-electron chi connectivity index (χ0n) is 20.2. The standard InChI is InChI=1S/C27H28N6O2/c1-18(2)14-32-23-8-6-5-7-20(23)9-12-25(27(32)34)33-16-22(29-30-33)21-10-11-24(26(13-21)35-4)31-15-19(3)28-17-31/h5-8,10-11,13,15-17,25H,1,9,12,14H2,2-4H3. The van der Waals surface area contributed by atoms with Crippen LogP contribution in [-0.4, -0.2) is 44.1 Å². The van der Waals surface area contributed by atoms with Gasteiger partial charge in [-0.15, -0.1) is 5.10 Å². The third kappa shape index (κ3) is 4.35. The molecule has 178 valence electrons. The Morgan fingerprint density at radius 2 is 2.00 bits per heavy atom. The highest BCUT2D eigenvalue weighted by Gasteiger charge is 2.32. The zero-order chi connectivity index (χ0) is 24.5. The van der Waals surface area contributed by atoms with Crippen molar-refractivity contribution in [3.63, 3.8) is 0 Å². The van der Waals surface area contributed by atoms with Crippen LogP contribution < -0.4 is 9.64 Å². The molecule has 8 nitrogen and oxygen atoms in total. The summed E-state index contributed by atoms with van der Waals surface area (Å²) in [6, 6.07) is 13.5. The number of hydrogen-bond donors (Lipinski definition) is 0. The molecular formula is C27H28N6O2. The molecule has 1 unspecified atom stereocenters. The van der Waals surface area contributed by atoms with Gasteiger partial charge < -0.3 is 14.2 Å². The summed E-state index contributed by atoms with van der Waals surface area (Å²) < 4.78 is 9.25. The molecule has 1 amide bonds. The lowest BCUT2D eigenvalue weighted by molar-refractivity contribution is -0.122. The van der Waals surface area contributed by atoms with Crippen molar-refractivity contribution >= 4 is 11.6 Å². The van der Waals surface area contributed by atoms with E-state index in [0.717, 1.165) is 40.2 Å². The van der Waals surface area contributed by atoms with Crippen LogP contribution in [-0.2, 0) is 11.2 Å². The van der Waals surface area contributed by atoms with E-state index >= 15 is 0 Å². The van der Waals surface area contributed by atoms with Gasteiger partial charge in [0.25, 0.3) is 5.91 Å². The predicted molar refractivity (Wildman–Crippen MR) is 135 cm³/mol. The van der Waals surface area contributed by atoms with E-state index in [-0.39, 0.29) is 5.91 Å². The van der Waals surface area contributed by atoms with Gasteiger partial charge in [0, 0.05) is 24.0 Å². The van der Waals surface area contributed by atoms with Crippen LogP contribution in [0.2, 0.25) is 0 Å². The first-order chi connectivity index (χ1) is 16.9. The van der Waals surface area contributed by atoms with Gasteiger partial charge in [0.05, 0.1) is 31.0 Å². The summed E-state index contributed by atoms with van der Waals surface area (Å²) in [6.45, 7) is 8.38. The van der Waals surface area contributed by atoms with Gasteiger partial charge in [0.15, 0.2) is 0 Å². The number of carbonyl (C=O) groups is 1. The molecule has 1 aliphatic rings. The van der Waals surface area contributed by atoms with Gasteiger partial charge in [-0.1, -0.05) is 41.6 Å². The van der Waals surface area contributed by atoms with E-state index in [9.17, 15) is 4.79 Å². The second-order valence-electron chi connectivity index (χ2n) is 8.96. The molecule has 0 radical (unpaired) electrons. The number of para-hydroxylation sites is 1. The minimum atomic E-state index is -0.446. The summed E-state index contributed by atoms with van der Waals surface area (Å²) in [5.74, 6) is 0.695. The molecule has 0 N–H and O–H groups in total. The molecule has 0 bridgehead atoms. The zero-order valence-corrected chi connectivity index (χ0v) is 20.2. The third-order valence-corrected chi connectivity index (χ3v) is 6.24. The number of rotatable bonds is 6. The average Bonchev–Trinajstić information content (AvgIpc) is 3.49. The Morgan fingerprint density at radius 1 is 1.17 bits per heavy atom. The number of imidazole rings is 1. The quantitative estimate of drug-likeness (QED) is 0.388. The van der Waals surface area contributed by atoms with Crippen molar-refractivity contribution < 1.29 is 9.53 Å². The van der Waals surface area contributed by atoms with Crippen LogP contribution in [0, 0.1) is 6.92 Å². The average molecular weight is 469 g/mol. The van der Waals surface area contributed by atoms with Crippen molar-refractivity contribution in [1.82, 2.24) is 24.5 Å². The minimum absolute atomic E-state index is 0.00203. The molecule has 0 spiro atoms. The van der Waals surface area contributed by atoms with Crippen molar-refractivity contribution in [2.75, 3.05) is 18.6 Å². The maximum Gasteiger partial charge on any atom is 0.252 e. The van der Waals surface area contributed by atoms with Gasteiger partial charge in [0.2, 0.25) is 0 Å². The lowest BCUT2D eigenvalue weighted by atomic mass is 10.1. The highest BCUT2D eigenvalue weighted by atomic mass is 16.5. The Bertz CT molecular complexity index is 1400. The maximum absolute atomic E-state index is 13.7. The molecule has 0 saturated carbocycles. The number of anilines is 1. The molecule has 2 aromatic carbocycles. The van der Waals surface area contributed by atoms with Gasteiger partial charge in [-0.3, -0.25) is 4.79 Å². The molecule has 4 aromatic rings. The Balaban J connectivity index is 1.46. The Morgan fingerprint density at radius 3 is 2.74 bits per heavy atom. The van der Waals surface area contributed by atoms with Crippen LogP contribution in [0.25, 0.3) is 16.9 Å². The first-order valence-electron chi connectivity index (χ1n) is 11.6. The van der Waals surface area contributed by atoms with E-state index in [0.29, 0.717) is 24.4 Å². The molecule has 8 heteroatoms. The first kappa shape index (κ1) is 22.6. The Kier molecular flexibility index (Phi) is 5.94. The Hall–Kier alpha value is -4.20. The molecular weight excluding hydrogens is 440 g/mol. The van der Waals surface area contributed by atoms with Gasteiger partial charge in [0.1, 0.15) is 17.5 Å². The number of aryl methyl sites for hydroxylation is 2. The molecule has 2 aromatic heterocycles. The number of fused-ring (bicyclic) bond motifs is 1. The van der Waals surface area contributed by atoms with Crippen molar-refractivity contribution in [3.8, 4) is 22.7 Å². The monoisotopic (exact) mass is 468 g/mol. The number of ether oxygens (including phenoxy) is 1. The van der Waals surface area contributed by atoms with E-state index in [1.807, 2.05) is 72.1 Å². The molecule has 0 fully saturated rings. The third-order valence-electron chi connectivity index (χ3n) is 6.24. The number of amides is 1. The smallest absolute Gasteiger partial charge is 0.252 e. The number of hydrogen-bond acceptors (Lipinski definition) is 5. The number of nitrogens with zero attached hydrogens (tertiary/aromatic N) is 6. The Labute approximate surface area is 204 Å². The number of aromatic nitrogens is 5. The second kappa shape index (κ2) is 9.21. The number of carbonyl (C=O) groups excluding carboxylic acids is 1. The second-order valence-corrected chi connectivity index (χ2v) is 8.96. The molecule has 0 aliphatic carbocycles. The summed E-state index contributed by atoms with van der Waals surface area (Å²) in [4.78, 5) is 19.8. The van der Waals surface area contributed by atoms with E-state index < -0.39 is 6.04 Å². The molecule has 5 rings (SSSR count). The maximum atomic E-state index is 13.7. The fourth-order valence-electron chi connectivity index (χ4n) is 4.54. The highest BCUT2D eigenvalue weighted by molar-refractivity contribution is 5.98. The van der Waals surface area contributed by atoms with Crippen molar-refractivity contribution in [2.24, 2.45) is 0 Å². The van der Waals surface area contributed by atoms with E-state index in [4.69, 9.17) is 4.74 Å². The summed E-state index contributed by atoms with van der Waals surface area (Å²) in [5, 5.41) is 8.76. The molecule has 0 saturated heterocycles. The van der Waals surface area contributed by atoms with Gasteiger partial charge in [-0.2, -0.15) is 0 Å². The molecule has 35 heavy (non-hydrogen) atoms. The summed E-state index contributed by atoms with van der Waals surface area (Å²) in [5.41, 5.74) is 6.37. The minimum Gasteiger partial charge on any atom is -0.495 e. The lowest BCUT2D eigenvalue weighted by Gasteiger charge is -2.26. The lowest BCUT2D eigenvalue weighted by Crippen LogP contribution is -2.37. The summed E-state index contributed by atoms with van der Waals surface area (Å²) in [7, 11) is 1.64.